The van der Waals surface area contributed by atoms with Crippen LogP contribution < -0.4 is 4.74 Å². The van der Waals surface area contributed by atoms with E-state index in [1.807, 2.05) is 0 Å². The number of hydrogen-bond donors (Lipinski definition) is 0. The van der Waals surface area contributed by atoms with Crippen molar-refractivity contribution in [2.75, 3.05) is 7.11 Å². The van der Waals surface area contributed by atoms with E-state index in [-0.39, 0.29) is 5.90 Å². The molecule has 1 rings (SSSR count). The fraction of sp³-hybridized carbons (Fsp3) is 0.273. The average Bonchev–Trinajstić information content (AvgIpc) is 2.37. The van der Waals surface area contributed by atoms with Crippen LogP contribution in [0.4, 0.5) is 8.78 Å². The van der Waals surface area contributed by atoms with E-state index < -0.39 is 32.8 Å². The van der Waals surface area contributed by atoms with Crippen LogP contribution in [0.3, 0.4) is 0 Å². The summed E-state index contributed by atoms with van der Waals surface area (Å²) in [6.07, 6.45) is 0. The maximum Gasteiger partial charge on any atom is 0.387 e. The van der Waals surface area contributed by atoms with Gasteiger partial charge in [0, 0.05) is 6.92 Å². The standard InChI is InChI=1S/C11H10F2N2O4S/c1-7(18-2)15-20(16,17)10-5-3-4-9(8(10)6-14)19-11(12)13/h3-5,11H,1-2H3/b15-7+. The predicted octanol–water partition coefficient (Wildman–Crippen LogP) is 1.91. The lowest BCUT2D eigenvalue weighted by molar-refractivity contribution is -0.0502. The molecule has 0 spiro atoms. The van der Waals surface area contributed by atoms with Crippen LogP contribution in [0, 0.1) is 11.3 Å². The molecular weight excluding hydrogens is 294 g/mol. The first kappa shape index (κ1) is 15.8. The molecule has 0 heterocycles. The highest BCUT2D eigenvalue weighted by molar-refractivity contribution is 7.90. The molecule has 1 aromatic rings. The third kappa shape index (κ3) is 3.64. The molecule has 0 bridgehead atoms. The Balaban J connectivity index is 3.44. The van der Waals surface area contributed by atoms with E-state index in [9.17, 15) is 17.2 Å². The normalized spacial score (nSPS) is 12.1. The molecule has 108 valence electrons. The summed E-state index contributed by atoms with van der Waals surface area (Å²) < 4.78 is 60.3. The lowest BCUT2D eigenvalue weighted by atomic mass is 10.2. The summed E-state index contributed by atoms with van der Waals surface area (Å²) in [6.45, 7) is -1.88. The third-order valence-electron chi connectivity index (χ3n) is 2.14. The number of benzene rings is 1. The molecule has 0 fully saturated rings. The Hall–Kier alpha value is -2.21. The van der Waals surface area contributed by atoms with Gasteiger partial charge in [-0.05, 0) is 12.1 Å². The first-order valence-electron chi connectivity index (χ1n) is 5.15. The molecule has 0 N–H and O–H groups in total. The van der Waals surface area contributed by atoms with E-state index in [1.54, 1.807) is 0 Å². The smallest absolute Gasteiger partial charge is 0.387 e. The number of methoxy groups -OCH3 is 1. The minimum Gasteiger partial charge on any atom is -0.484 e. The molecule has 0 saturated heterocycles. The Morgan fingerprint density at radius 2 is 2.10 bits per heavy atom. The topological polar surface area (TPSA) is 88.8 Å². The number of sulfonamides is 1. The number of ether oxygens (including phenoxy) is 2. The highest BCUT2D eigenvalue weighted by atomic mass is 32.2. The minimum absolute atomic E-state index is 0.158. The van der Waals surface area contributed by atoms with Crippen LogP contribution in [-0.4, -0.2) is 28.0 Å². The van der Waals surface area contributed by atoms with Gasteiger partial charge in [0.15, 0.2) is 5.90 Å². The second-order valence-electron chi connectivity index (χ2n) is 3.41. The van der Waals surface area contributed by atoms with Crippen molar-refractivity contribution in [2.45, 2.75) is 18.4 Å². The van der Waals surface area contributed by atoms with Crippen molar-refractivity contribution < 1.29 is 26.7 Å². The van der Waals surface area contributed by atoms with Crippen molar-refractivity contribution in [1.82, 2.24) is 0 Å². The number of nitrogens with zero attached hydrogens (tertiary/aromatic N) is 2. The molecule has 0 saturated carbocycles. The Morgan fingerprint density at radius 1 is 1.45 bits per heavy atom. The Morgan fingerprint density at radius 3 is 2.60 bits per heavy atom. The predicted molar refractivity (Wildman–Crippen MR) is 65.1 cm³/mol. The third-order valence-corrected chi connectivity index (χ3v) is 3.53. The Bertz CT molecular complexity index is 665. The van der Waals surface area contributed by atoms with Crippen molar-refractivity contribution in [3.8, 4) is 11.8 Å². The summed E-state index contributed by atoms with van der Waals surface area (Å²) in [5.41, 5.74) is -0.541. The molecule has 0 aromatic heterocycles. The van der Waals surface area contributed by atoms with Crippen LogP contribution in [0.5, 0.6) is 5.75 Å². The van der Waals surface area contributed by atoms with Gasteiger partial charge in [-0.1, -0.05) is 6.07 Å². The highest BCUT2D eigenvalue weighted by Crippen LogP contribution is 2.27. The second-order valence-corrected chi connectivity index (χ2v) is 4.98. The zero-order chi connectivity index (χ0) is 15.3. The largest absolute Gasteiger partial charge is 0.484 e. The van der Waals surface area contributed by atoms with E-state index in [0.29, 0.717) is 0 Å². The van der Waals surface area contributed by atoms with Gasteiger partial charge in [-0.15, -0.1) is 4.40 Å². The minimum atomic E-state index is -4.26. The molecule has 0 radical (unpaired) electrons. The molecule has 0 atom stereocenters. The van der Waals surface area contributed by atoms with Crippen LogP contribution in [0.15, 0.2) is 27.5 Å². The second kappa shape index (κ2) is 6.29. The quantitative estimate of drug-likeness (QED) is 0.626. The van der Waals surface area contributed by atoms with Gasteiger partial charge < -0.3 is 9.47 Å². The van der Waals surface area contributed by atoms with Crippen molar-refractivity contribution in [3.63, 3.8) is 0 Å². The Kier molecular flexibility index (Phi) is 4.99. The first-order valence-corrected chi connectivity index (χ1v) is 6.59. The number of rotatable bonds is 4. The van der Waals surface area contributed by atoms with Gasteiger partial charge in [0.2, 0.25) is 0 Å². The number of halogens is 2. The van der Waals surface area contributed by atoms with Gasteiger partial charge in [0.25, 0.3) is 10.0 Å². The SMILES string of the molecule is CO/C(C)=N/S(=O)(=O)c1cccc(OC(F)F)c1C#N. The molecule has 6 nitrogen and oxygen atoms in total. The molecule has 0 amide bonds. The molecule has 1 aromatic carbocycles. The van der Waals surface area contributed by atoms with Crippen LogP contribution in [0.25, 0.3) is 0 Å². The zero-order valence-electron chi connectivity index (χ0n) is 10.5. The molecule has 0 unspecified atom stereocenters. The van der Waals surface area contributed by atoms with Gasteiger partial charge in [0.1, 0.15) is 22.3 Å². The lowest BCUT2D eigenvalue weighted by Crippen LogP contribution is -2.08. The highest BCUT2D eigenvalue weighted by Gasteiger charge is 2.23. The van der Waals surface area contributed by atoms with Crippen LogP contribution in [0.1, 0.15) is 12.5 Å². The van der Waals surface area contributed by atoms with Crippen LogP contribution in [-0.2, 0) is 14.8 Å². The lowest BCUT2D eigenvalue weighted by Gasteiger charge is -2.09. The molecular formula is C11H10F2N2O4S. The first-order chi connectivity index (χ1) is 9.31. The fourth-order valence-corrected chi connectivity index (χ4v) is 2.45. The summed E-state index contributed by atoms with van der Waals surface area (Å²) in [5, 5.41) is 8.95. The molecule has 20 heavy (non-hydrogen) atoms. The van der Waals surface area contributed by atoms with Crippen molar-refractivity contribution in [1.29, 1.82) is 5.26 Å². The summed E-state index contributed by atoms with van der Waals surface area (Å²) in [6, 6.07) is 4.82. The van der Waals surface area contributed by atoms with Crippen molar-refractivity contribution in [2.24, 2.45) is 4.40 Å². The number of alkyl halides is 2. The van der Waals surface area contributed by atoms with Crippen LogP contribution in [0.2, 0.25) is 0 Å². The summed E-state index contributed by atoms with van der Waals surface area (Å²) in [7, 11) is -3.04. The molecule has 0 aliphatic carbocycles. The maximum atomic E-state index is 12.2. The van der Waals surface area contributed by atoms with E-state index in [4.69, 9.17) is 5.26 Å². The van der Waals surface area contributed by atoms with Gasteiger partial charge in [-0.2, -0.15) is 22.5 Å². The number of hydrogen-bond acceptors (Lipinski definition) is 5. The summed E-state index contributed by atoms with van der Waals surface area (Å²) >= 11 is 0. The molecule has 9 heteroatoms. The van der Waals surface area contributed by atoms with E-state index >= 15 is 0 Å². The Labute approximate surface area is 114 Å². The molecule has 0 aliphatic rings. The average molecular weight is 304 g/mol. The fourth-order valence-electron chi connectivity index (χ4n) is 1.29. The van der Waals surface area contributed by atoms with Gasteiger partial charge in [-0.3, -0.25) is 0 Å². The summed E-state index contributed by atoms with van der Waals surface area (Å²) in [4.78, 5) is -0.533. The van der Waals surface area contributed by atoms with E-state index in [1.165, 1.54) is 26.2 Å². The van der Waals surface area contributed by atoms with Crippen molar-refractivity contribution in [3.05, 3.63) is 23.8 Å². The van der Waals surface area contributed by atoms with Gasteiger partial charge in [-0.25, -0.2) is 0 Å². The van der Waals surface area contributed by atoms with E-state index in [0.717, 1.165) is 12.1 Å². The zero-order valence-corrected chi connectivity index (χ0v) is 11.3. The number of nitriles is 1. The van der Waals surface area contributed by atoms with Gasteiger partial charge >= 0.3 is 6.61 Å². The van der Waals surface area contributed by atoms with E-state index in [2.05, 4.69) is 13.9 Å². The maximum absolute atomic E-state index is 12.2. The van der Waals surface area contributed by atoms with Crippen molar-refractivity contribution >= 4 is 15.9 Å². The molecule has 0 aliphatic heterocycles. The monoisotopic (exact) mass is 304 g/mol. The van der Waals surface area contributed by atoms with Crippen LogP contribution >= 0.6 is 0 Å². The van der Waals surface area contributed by atoms with Gasteiger partial charge in [0.05, 0.1) is 7.11 Å². The summed E-state index contributed by atoms with van der Waals surface area (Å²) in [5.74, 6) is -0.692.